The molecule has 10 nitrogen and oxygen atoms in total. The van der Waals surface area contributed by atoms with E-state index in [1.807, 2.05) is 5.48 Å². The first-order chi connectivity index (χ1) is 12.7. The summed E-state index contributed by atoms with van der Waals surface area (Å²) in [5.74, 6) is -0.520. The average Bonchev–Trinajstić information content (AvgIpc) is 3.08. The van der Waals surface area contributed by atoms with Crippen molar-refractivity contribution in [2.24, 2.45) is 4.99 Å². The van der Waals surface area contributed by atoms with Crippen LogP contribution >= 0.6 is 15.9 Å². The molecule has 0 aliphatic heterocycles. The Labute approximate surface area is 161 Å². The maximum Gasteiger partial charge on any atom is 0.202 e. The molecule has 0 radical (unpaired) electrons. The van der Waals surface area contributed by atoms with Crippen LogP contribution in [0, 0.1) is 10.6 Å². The van der Waals surface area contributed by atoms with Crippen LogP contribution in [-0.4, -0.2) is 44.2 Å². The molecule has 2 aromatic rings. The Morgan fingerprint density at radius 1 is 1.48 bits per heavy atom. The van der Waals surface area contributed by atoms with Gasteiger partial charge >= 0.3 is 0 Å². The quantitative estimate of drug-likeness (QED) is 0.173. The van der Waals surface area contributed by atoms with E-state index in [9.17, 15) is 18.2 Å². The Morgan fingerprint density at radius 2 is 2.22 bits per heavy atom. The standard InChI is InChI=1S/C13H16BrF2N7O3S/c1-7(15)27(17,25)19-5-4-18-12-11(22-26-23-12)13(21-24)20-8-2-3-10(16)9(14)6-8/h2-3,6-7,24H,4-5H2,1H3,(H,18,23)(H,20,21)(H2,17,19,25). The fourth-order valence-corrected chi connectivity index (χ4v) is 2.77. The van der Waals surface area contributed by atoms with Crippen molar-refractivity contribution >= 4 is 43.2 Å². The molecule has 148 valence electrons. The lowest BCUT2D eigenvalue weighted by Gasteiger charge is -2.10. The molecule has 14 heteroatoms. The number of amidine groups is 1. The van der Waals surface area contributed by atoms with Gasteiger partial charge in [-0.1, -0.05) is 0 Å². The summed E-state index contributed by atoms with van der Waals surface area (Å²) in [7, 11) is -3.55. The Bertz CT molecular complexity index is 920. The second kappa shape index (κ2) is 9.16. The molecule has 0 fully saturated rings. The van der Waals surface area contributed by atoms with Crippen LogP contribution in [0.2, 0.25) is 0 Å². The van der Waals surface area contributed by atoms with Crippen LogP contribution in [0.4, 0.5) is 20.3 Å². The van der Waals surface area contributed by atoms with Crippen molar-refractivity contribution in [2.45, 2.75) is 12.4 Å². The summed E-state index contributed by atoms with van der Waals surface area (Å²) in [6.45, 7) is 1.12. The number of benzene rings is 1. The molecular formula is C13H16BrF2N7O3S. The minimum Gasteiger partial charge on any atom is -0.364 e. The van der Waals surface area contributed by atoms with Gasteiger partial charge in [0.1, 0.15) is 15.7 Å². The van der Waals surface area contributed by atoms with E-state index in [2.05, 4.69) is 45.9 Å². The molecule has 5 N–H and O–H groups in total. The molecule has 1 aromatic carbocycles. The van der Waals surface area contributed by atoms with Crippen molar-refractivity contribution in [1.82, 2.24) is 20.5 Å². The van der Waals surface area contributed by atoms with Crippen LogP contribution in [0.15, 0.2) is 32.3 Å². The number of halogens is 3. The summed E-state index contributed by atoms with van der Waals surface area (Å²) >= 11 is 3.03. The van der Waals surface area contributed by atoms with Crippen molar-refractivity contribution in [2.75, 3.05) is 18.4 Å². The van der Waals surface area contributed by atoms with Gasteiger partial charge in [-0.3, -0.25) is 10.7 Å². The van der Waals surface area contributed by atoms with Gasteiger partial charge in [-0.25, -0.2) is 32.1 Å². The number of aromatic nitrogens is 2. The topological polar surface area (TPSA) is 149 Å². The lowest BCUT2D eigenvalue weighted by Crippen LogP contribution is -2.33. The van der Waals surface area contributed by atoms with Gasteiger partial charge in [-0.2, -0.15) is 0 Å². The SMILES string of the molecule is CC(F)S(=N)(=O)NCCNc1nonc1C(=Nc1ccc(F)c(Br)c1)NO. The van der Waals surface area contributed by atoms with Crippen LogP contribution in [0.5, 0.6) is 0 Å². The molecule has 0 amide bonds. The van der Waals surface area contributed by atoms with E-state index in [0.717, 1.165) is 6.92 Å². The van der Waals surface area contributed by atoms with E-state index in [1.165, 1.54) is 18.2 Å². The molecule has 0 saturated carbocycles. The molecule has 0 aliphatic rings. The first kappa shape index (κ1) is 21.1. The van der Waals surface area contributed by atoms with Gasteiger partial charge in [-0.05, 0) is 51.4 Å². The van der Waals surface area contributed by atoms with Crippen molar-refractivity contribution in [1.29, 1.82) is 4.78 Å². The zero-order valence-corrected chi connectivity index (χ0v) is 16.3. The number of aliphatic imine (C=N–C) groups is 1. The van der Waals surface area contributed by atoms with Gasteiger partial charge in [0.15, 0.2) is 17.0 Å². The molecule has 2 unspecified atom stereocenters. The second-order valence-electron chi connectivity index (χ2n) is 5.10. The molecule has 2 rings (SSSR count). The molecule has 27 heavy (non-hydrogen) atoms. The van der Waals surface area contributed by atoms with E-state index in [1.54, 1.807) is 0 Å². The van der Waals surface area contributed by atoms with Crippen LogP contribution in [0.25, 0.3) is 0 Å². The minimum atomic E-state index is -3.55. The lowest BCUT2D eigenvalue weighted by atomic mass is 10.3. The predicted molar refractivity (Wildman–Crippen MR) is 97.4 cm³/mol. The second-order valence-corrected chi connectivity index (χ2v) is 8.09. The summed E-state index contributed by atoms with van der Waals surface area (Å²) in [6, 6.07) is 3.96. The Morgan fingerprint density at radius 3 is 2.85 bits per heavy atom. The maximum absolute atomic E-state index is 13.3. The number of hydroxylamine groups is 1. The van der Waals surface area contributed by atoms with Gasteiger partial charge in [-0.15, -0.1) is 0 Å². The molecule has 0 spiro atoms. The largest absolute Gasteiger partial charge is 0.364 e. The van der Waals surface area contributed by atoms with Crippen LogP contribution < -0.4 is 15.5 Å². The fraction of sp³-hybridized carbons (Fsp3) is 0.308. The van der Waals surface area contributed by atoms with Crippen molar-refractivity contribution in [3.05, 3.63) is 34.2 Å². The third kappa shape index (κ3) is 5.66. The molecule has 1 aromatic heterocycles. The predicted octanol–water partition coefficient (Wildman–Crippen LogP) is 2.31. The fourth-order valence-electron chi connectivity index (χ4n) is 1.77. The monoisotopic (exact) mass is 467 g/mol. The van der Waals surface area contributed by atoms with E-state index in [-0.39, 0.29) is 34.9 Å². The third-order valence-corrected chi connectivity index (χ3v) is 5.31. The van der Waals surface area contributed by atoms with Crippen molar-refractivity contribution in [3.8, 4) is 0 Å². The highest BCUT2D eigenvalue weighted by Gasteiger charge is 2.18. The Hall–Kier alpha value is -2.16. The highest BCUT2D eigenvalue weighted by atomic mass is 79.9. The average molecular weight is 468 g/mol. The van der Waals surface area contributed by atoms with Gasteiger partial charge < -0.3 is 5.32 Å². The van der Waals surface area contributed by atoms with Crippen LogP contribution in [0.3, 0.4) is 0 Å². The van der Waals surface area contributed by atoms with E-state index >= 15 is 0 Å². The first-order valence-electron chi connectivity index (χ1n) is 7.41. The van der Waals surface area contributed by atoms with Gasteiger partial charge in [0, 0.05) is 13.1 Å². The summed E-state index contributed by atoms with van der Waals surface area (Å²) < 4.78 is 52.2. The summed E-state index contributed by atoms with van der Waals surface area (Å²) in [5.41, 5.74) is 0.353. The maximum atomic E-state index is 13.3. The first-order valence-corrected chi connectivity index (χ1v) is 9.83. The molecule has 2 atom stereocenters. The Kier molecular flexibility index (Phi) is 7.18. The van der Waals surface area contributed by atoms with E-state index in [4.69, 9.17) is 4.78 Å². The summed E-state index contributed by atoms with van der Waals surface area (Å²) in [5, 5.41) is 19.3. The molecular weight excluding hydrogens is 452 g/mol. The number of nitrogens with one attached hydrogen (secondary N) is 4. The number of nitrogens with zero attached hydrogens (tertiary/aromatic N) is 3. The van der Waals surface area contributed by atoms with Gasteiger partial charge in [0.25, 0.3) is 0 Å². The number of hydrogen-bond donors (Lipinski definition) is 5. The normalized spacial score (nSPS) is 15.2. The summed E-state index contributed by atoms with van der Waals surface area (Å²) in [6.07, 6.45) is 0. The Balaban J connectivity index is 2.09. The molecule has 0 bridgehead atoms. The minimum absolute atomic E-state index is 0.00711. The number of hydrogen-bond acceptors (Lipinski definition) is 8. The zero-order valence-electron chi connectivity index (χ0n) is 13.9. The lowest BCUT2D eigenvalue weighted by molar-refractivity contribution is 0.234. The van der Waals surface area contributed by atoms with Gasteiger partial charge in [0.05, 0.1) is 10.2 Å². The van der Waals surface area contributed by atoms with Crippen molar-refractivity contribution < 1.29 is 22.8 Å². The van der Waals surface area contributed by atoms with Crippen molar-refractivity contribution in [3.63, 3.8) is 0 Å². The molecule has 0 aliphatic carbocycles. The smallest absolute Gasteiger partial charge is 0.202 e. The zero-order chi connectivity index (χ0) is 20.0. The van der Waals surface area contributed by atoms with E-state index < -0.39 is 21.2 Å². The molecule has 1 heterocycles. The number of anilines is 1. The number of alkyl halides is 1. The van der Waals surface area contributed by atoms with E-state index in [0.29, 0.717) is 5.69 Å². The number of rotatable bonds is 8. The summed E-state index contributed by atoms with van der Waals surface area (Å²) in [4.78, 5) is 4.09. The van der Waals surface area contributed by atoms with Crippen LogP contribution in [-0.2, 0) is 9.92 Å². The van der Waals surface area contributed by atoms with Gasteiger partial charge in [0.2, 0.25) is 5.82 Å². The highest BCUT2D eigenvalue weighted by Crippen LogP contribution is 2.23. The molecule has 0 saturated heterocycles. The highest BCUT2D eigenvalue weighted by molar-refractivity contribution is 9.10. The van der Waals surface area contributed by atoms with Crippen LogP contribution in [0.1, 0.15) is 12.6 Å². The third-order valence-electron chi connectivity index (χ3n) is 3.15.